The van der Waals surface area contributed by atoms with Crippen LogP contribution in [0.25, 0.3) is 0 Å². The maximum absolute atomic E-state index is 5.51. The van der Waals surface area contributed by atoms with E-state index in [4.69, 9.17) is 17.0 Å². The molecule has 0 saturated carbocycles. The average molecular weight is 293 g/mol. The molecular weight excluding hydrogens is 270 g/mol. The van der Waals surface area contributed by atoms with Crippen LogP contribution >= 0.6 is 12.2 Å². The Bertz CT molecular complexity index is 444. The first-order valence-corrected chi connectivity index (χ1v) is 7.56. The number of piperazine rings is 1. The number of benzene rings is 1. The summed E-state index contributed by atoms with van der Waals surface area (Å²) in [6.07, 6.45) is 1.21. The van der Waals surface area contributed by atoms with E-state index in [2.05, 4.69) is 22.0 Å². The van der Waals surface area contributed by atoms with Gasteiger partial charge in [-0.15, -0.1) is 0 Å². The van der Waals surface area contributed by atoms with Gasteiger partial charge in [0.25, 0.3) is 0 Å². The third kappa shape index (κ3) is 3.84. The topological polar surface area (TPSA) is 27.7 Å². The molecule has 110 valence electrons. The van der Waals surface area contributed by atoms with Crippen LogP contribution in [0.15, 0.2) is 24.3 Å². The number of hydrogen-bond donors (Lipinski definition) is 1. The minimum atomic E-state index is 0.783. The molecule has 0 unspecified atom stereocenters. The summed E-state index contributed by atoms with van der Waals surface area (Å²) in [4.78, 5) is 4.72. The normalized spacial score (nSPS) is 16.0. The second-order valence-corrected chi connectivity index (χ2v) is 5.35. The van der Waals surface area contributed by atoms with Crippen LogP contribution in [-0.2, 0) is 0 Å². The molecular formula is C15H23N3OS. The summed E-state index contributed by atoms with van der Waals surface area (Å²) in [5, 5.41) is 4.07. The first-order chi connectivity index (χ1) is 9.74. The Balaban J connectivity index is 1.89. The van der Waals surface area contributed by atoms with Crippen molar-refractivity contribution in [3.8, 4) is 5.75 Å². The van der Waals surface area contributed by atoms with Crippen molar-refractivity contribution in [3.05, 3.63) is 24.3 Å². The summed E-state index contributed by atoms with van der Waals surface area (Å²) in [5.74, 6) is 0.819. The summed E-state index contributed by atoms with van der Waals surface area (Å²) >= 11 is 5.51. The smallest absolute Gasteiger partial charge is 0.173 e. The fraction of sp³-hybridized carbons (Fsp3) is 0.533. The molecule has 0 bridgehead atoms. The SMILES string of the molecule is CCCN1CCN(C(=S)Nc2ccccc2OC)CC1. The zero-order valence-corrected chi connectivity index (χ0v) is 13.1. The van der Waals surface area contributed by atoms with Crippen molar-refractivity contribution in [1.82, 2.24) is 9.80 Å². The van der Waals surface area contributed by atoms with Gasteiger partial charge in [-0.25, -0.2) is 0 Å². The number of nitrogens with zero attached hydrogens (tertiary/aromatic N) is 2. The molecule has 0 radical (unpaired) electrons. The van der Waals surface area contributed by atoms with E-state index < -0.39 is 0 Å². The molecule has 1 aromatic carbocycles. The lowest BCUT2D eigenvalue weighted by Gasteiger charge is -2.36. The van der Waals surface area contributed by atoms with E-state index >= 15 is 0 Å². The highest BCUT2D eigenvalue weighted by molar-refractivity contribution is 7.80. The van der Waals surface area contributed by atoms with Gasteiger partial charge in [0.2, 0.25) is 0 Å². The number of nitrogens with one attached hydrogen (secondary N) is 1. The Labute approximate surface area is 126 Å². The third-order valence-electron chi connectivity index (χ3n) is 3.55. The molecule has 0 atom stereocenters. The van der Waals surface area contributed by atoms with E-state index in [1.807, 2.05) is 24.3 Å². The van der Waals surface area contributed by atoms with Gasteiger partial charge in [0, 0.05) is 26.2 Å². The van der Waals surface area contributed by atoms with Crippen molar-refractivity contribution in [2.45, 2.75) is 13.3 Å². The molecule has 5 heteroatoms. The van der Waals surface area contributed by atoms with Gasteiger partial charge in [0.15, 0.2) is 5.11 Å². The summed E-state index contributed by atoms with van der Waals surface area (Å²) in [6.45, 7) is 7.55. The van der Waals surface area contributed by atoms with Crippen molar-refractivity contribution in [2.24, 2.45) is 0 Å². The lowest BCUT2D eigenvalue weighted by atomic mass is 10.3. The monoisotopic (exact) mass is 293 g/mol. The van der Waals surface area contributed by atoms with Crippen molar-refractivity contribution in [2.75, 3.05) is 45.2 Å². The Hall–Kier alpha value is -1.33. The summed E-state index contributed by atoms with van der Waals surface area (Å²) in [5.41, 5.74) is 0.927. The highest BCUT2D eigenvalue weighted by atomic mass is 32.1. The minimum absolute atomic E-state index is 0.783. The maximum atomic E-state index is 5.51. The van der Waals surface area contributed by atoms with Gasteiger partial charge in [-0.2, -0.15) is 0 Å². The number of thiocarbonyl (C=S) groups is 1. The van der Waals surface area contributed by atoms with Crippen LogP contribution in [0, 0.1) is 0 Å². The fourth-order valence-corrected chi connectivity index (χ4v) is 2.73. The molecule has 1 aromatic rings. The Morgan fingerprint density at radius 2 is 1.95 bits per heavy atom. The highest BCUT2D eigenvalue weighted by Gasteiger charge is 2.18. The van der Waals surface area contributed by atoms with Gasteiger partial charge in [-0.05, 0) is 37.3 Å². The first kappa shape index (κ1) is 15.1. The largest absolute Gasteiger partial charge is 0.495 e. The minimum Gasteiger partial charge on any atom is -0.495 e. The Kier molecular flexibility index (Phi) is 5.61. The van der Waals surface area contributed by atoms with E-state index in [0.717, 1.165) is 42.7 Å². The molecule has 1 fully saturated rings. The summed E-state index contributed by atoms with van der Waals surface area (Å²) < 4.78 is 5.33. The second kappa shape index (κ2) is 7.45. The molecule has 0 amide bonds. The number of ether oxygens (including phenoxy) is 1. The number of methoxy groups -OCH3 is 1. The molecule has 4 nitrogen and oxygen atoms in total. The van der Waals surface area contributed by atoms with Crippen molar-refractivity contribution in [1.29, 1.82) is 0 Å². The highest BCUT2D eigenvalue weighted by Crippen LogP contribution is 2.23. The van der Waals surface area contributed by atoms with Crippen LogP contribution in [0.4, 0.5) is 5.69 Å². The van der Waals surface area contributed by atoms with Crippen molar-refractivity contribution in [3.63, 3.8) is 0 Å². The van der Waals surface area contributed by atoms with Gasteiger partial charge in [0.05, 0.1) is 12.8 Å². The van der Waals surface area contributed by atoms with Crippen LogP contribution in [0.1, 0.15) is 13.3 Å². The van der Waals surface area contributed by atoms with E-state index in [1.54, 1.807) is 7.11 Å². The molecule has 1 aliphatic heterocycles. The van der Waals surface area contributed by atoms with Gasteiger partial charge in [0.1, 0.15) is 5.75 Å². The van der Waals surface area contributed by atoms with Crippen LogP contribution in [0.3, 0.4) is 0 Å². The zero-order valence-electron chi connectivity index (χ0n) is 12.3. The number of para-hydroxylation sites is 2. The molecule has 1 aliphatic rings. The average Bonchev–Trinajstić information content (AvgIpc) is 2.49. The fourth-order valence-electron chi connectivity index (χ4n) is 2.43. The van der Waals surface area contributed by atoms with Crippen LogP contribution in [-0.4, -0.2) is 54.7 Å². The predicted octanol–water partition coefficient (Wildman–Crippen LogP) is 2.42. The Morgan fingerprint density at radius 3 is 2.60 bits per heavy atom. The molecule has 20 heavy (non-hydrogen) atoms. The number of hydrogen-bond acceptors (Lipinski definition) is 3. The number of rotatable bonds is 4. The zero-order chi connectivity index (χ0) is 14.4. The van der Waals surface area contributed by atoms with E-state index in [-0.39, 0.29) is 0 Å². The standard InChI is InChI=1S/C15H23N3OS/c1-3-8-17-9-11-18(12-10-17)15(20)16-13-6-4-5-7-14(13)19-2/h4-7H,3,8-12H2,1-2H3,(H,16,20). The van der Waals surface area contributed by atoms with Gasteiger partial charge >= 0.3 is 0 Å². The van der Waals surface area contributed by atoms with Crippen LogP contribution in [0.5, 0.6) is 5.75 Å². The van der Waals surface area contributed by atoms with Gasteiger partial charge < -0.3 is 15.0 Å². The molecule has 0 aromatic heterocycles. The molecule has 0 aliphatic carbocycles. The van der Waals surface area contributed by atoms with Crippen molar-refractivity contribution < 1.29 is 4.74 Å². The first-order valence-electron chi connectivity index (χ1n) is 7.16. The van der Waals surface area contributed by atoms with E-state index in [9.17, 15) is 0 Å². The summed E-state index contributed by atoms with van der Waals surface area (Å²) in [6, 6.07) is 7.85. The molecule has 0 spiro atoms. The van der Waals surface area contributed by atoms with Crippen LogP contribution in [0.2, 0.25) is 0 Å². The maximum Gasteiger partial charge on any atom is 0.173 e. The number of anilines is 1. The van der Waals surface area contributed by atoms with E-state index in [0.29, 0.717) is 0 Å². The quantitative estimate of drug-likeness (QED) is 0.861. The lowest BCUT2D eigenvalue weighted by molar-refractivity contribution is 0.184. The molecule has 1 heterocycles. The van der Waals surface area contributed by atoms with Crippen LogP contribution < -0.4 is 10.1 Å². The Morgan fingerprint density at radius 1 is 1.25 bits per heavy atom. The van der Waals surface area contributed by atoms with E-state index in [1.165, 1.54) is 13.0 Å². The molecule has 1 N–H and O–H groups in total. The summed E-state index contributed by atoms with van der Waals surface area (Å²) in [7, 11) is 1.67. The van der Waals surface area contributed by atoms with Gasteiger partial charge in [-0.3, -0.25) is 4.90 Å². The van der Waals surface area contributed by atoms with Crippen molar-refractivity contribution >= 4 is 23.0 Å². The second-order valence-electron chi connectivity index (χ2n) is 4.96. The van der Waals surface area contributed by atoms with Gasteiger partial charge in [-0.1, -0.05) is 19.1 Å². The molecule has 2 rings (SSSR count). The lowest BCUT2D eigenvalue weighted by Crippen LogP contribution is -2.50. The third-order valence-corrected chi connectivity index (χ3v) is 3.91. The predicted molar refractivity (Wildman–Crippen MR) is 87.5 cm³/mol. The molecule has 1 saturated heterocycles.